The van der Waals surface area contributed by atoms with Gasteiger partial charge in [-0.25, -0.2) is 15.0 Å². The van der Waals surface area contributed by atoms with E-state index in [9.17, 15) is 0 Å². The molecule has 35 heavy (non-hydrogen) atoms. The van der Waals surface area contributed by atoms with E-state index in [1.54, 1.807) is 18.3 Å². The summed E-state index contributed by atoms with van der Waals surface area (Å²) in [6.07, 6.45) is 3.72. The van der Waals surface area contributed by atoms with E-state index in [1.807, 2.05) is 37.4 Å². The van der Waals surface area contributed by atoms with Crippen molar-refractivity contribution in [1.29, 1.82) is 0 Å². The van der Waals surface area contributed by atoms with Crippen LogP contribution in [0.2, 0.25) is 5.02 Å². The number of thiazole rings is 1. The smallest absolute Gasteiger partial charge is 0.322 e. The van der Waals surface area contributed by atoms with Gasteiger partial charge in [-0.1, -0.05) is 41.1 Å². The molecule has 1 aromatic carbocycles. The van der Waals surface area contributed by atoms with Crippen LogP contribution in [0.15, 0.2) is 54.9 Å². The minimum Gasteiger partial charge on any atom is -0.423 e. The Labute approximate surface area is 213 Å². The van der Waals surface area contributed by atoms with Crippen molar-refractivity contribution in [1.82, 2.24) is 29.7 Å². The van der Waals surface area contributed by atoms with Gasteiger partial charge in [-0.05, 0) is 43.8 Å². The van der Waals surface area contributed by atoms with Gasteiger partial charge in [0.15, 0.2) is 5.13 Å². The summed E-state index contributed by atoms with van der Waals surface area (Å²) < 4.78 is 5.82. The first kappa shape index (κ1) is 23.6. The third-order valence-corrected chi connectivity index (χ3v) is 6.94. The summed E-state index contributed by atoms with van der Waals surface area (Å²) in [6.45, 7) is 7.22. The van der Waals surface area contributed by atoms with E-state index in [-0.39, 0.29) is 6.01 Å². The molecule has 0 atom stereocenters. The molecule has 0 radical (unpaired) electrons. The van der Waals surface area contributed by atoms with Crippen LogP contribution in [0.3, 0.4) is 0 Å². The zero-order chi connectivity index (χ0) is 24.2. The SMILES string of the molecule is Cc1cc(-c2cnc(Nc3ccc(CN4CCN(C)CC4)cn3)s2)nc(Oc2ccccc2Cl)n1. The summed E-state index contributed by atoms with van der Waals surface area (Å²) in [5, 5.41) is 4.54. The zero-order valence-corrected chi connectivity index (χ0v) is 21.2. The first-order chi connectivity index (χ1) is 17.0. The summed E-state index contributed by atoms with van der Waals surface area (Å²) in [6, 6.07) is 13.5. The Morgan fingerprint density at radius 1 is 1.03 bits per heavy atom. The number of aromatic nitrogens is 4. The van der Waals surface area contributed by atoms with Gasteiger partial charge in [0.05, 0.1) is 15.6 Å². The fraction of sp³-hybridized carbons (Fsp3) is 0.280. The van der Waals surface area contributed by atoms with E-state index >= 15 is 0 Å². The van der Waals surface area contributed by atoms with Gasteiger partial charge >= 0.3 is 6.01 Å². The molecule has 0 unspecified atom stereocenters. The third-order valence-electron chi connectivity index (χ3n) is 5.69. The molecule has 180 valence electrons. The number of hydrogen-bond donors (Lipinski definition) is 1. The van der Waals surface area contributed by atoms with Gasteiger partial charge < -0.3 is 15.0 Å². The maximum absolute atomic E-state index is 6.21. The van der Waals surface area contributed by atoms with Crippen molar-refractivity contribution in [2.75, 3.05) is 38.5 Å². The molecule has 10 heteroatoms. The molecule has 1 fully saturated rings. The quantitative estimate of drug-likeness (QED) is 0.364. The minimum atomic E-state index is 0.244. The molecule has 4 aromatic rings. The fourth-order valence-corrected chi connectivity index (χ4v) is 4.71. The Balaban J connectivity index is 1.24. The number of benzene rings is 1. The lowest BCUT2D eigenvalue weighted by Crippen LogP contribution is -2.43. The summed E-state index contributed by atoms with van der Waals surface area (Å²) in [4.78, 5) is 23.7. The van der Waals surface area contributed by atoms with E-state index < -0.39 is 0 Å². The second kappa shape index (κ2) is 10.7. The Kier molecular flexibility index (Phi) is 7.19. The average Bonchev–Trinajstić information content (AvgIpc) is 3.32. The van der Waals surface area contributed by atoms with Crippen LogP contribution in [0.5, 0.6) is 11.8 Å². The van der Waals surface area contributed by atoms with Crippen molar-refractivity contribution in [3.05, 3.63) is 71.1 Å². The molecule has 1 saturated heterocycles. The first-order valence-corrected chi connectivity index (χ1v) is 12.6. The van der Waals surface area contributed by atoms with Crippen LogP contribution in [0.1, 0.15) is 11.3 Å². The molecule has 1 N–H and O–H groups in total. The number of ether oxygens (including phenoxy) is 1. The molecule has 0 saturated carbocycles. The number of aryl methyl sites for hydroxylation is 1. The molecule has 0 bridgehead atoms. The predicted octanol–water partition coefficient (Wildman–Crippen LogP) is 5.24. The fourth-order valence-electron chi connectivity index (χ4n) is 3.76. The van der Waals surface area contributed by atoms with Crippen LogP contribution in [-0.4, -0.2) is 63.0 Å². The Morgan fingerprint density at radius 3 is 2.63 bits per heavy atom. The summed E-state index contributed by atoms with van der Waals surface area (Å²) in [7, 11) is 2.17. The molecule has 1 aliphatic heterocycles. The topological polar surface area (TPSA) is 79.3 Å². The summed E-state index contributed by atoms with van der Waals surface area (Å²) >= 11 is 7.70. The van der Waals surface area contributed by atoms with Crippen LogP contribution in [0, 0.1) is 6.92 Å². The number of likely N-dealkylation sites (N-methyl/N-ethyl adjacent to an activating group) is 1. The predicted molar refractivity (Wildman–Crippen MR) is 140 cm³/mol. The van der Waals surface area contributed by atoms with Crippen LogP contribution < -0.4 is 10.1 Å². The highest BCUT2D eigenvalue weighted by Gasteiger charge is 2.15. The molecular weight excluding hydrogens is 482 g/mol. The Hall–Kier alpha value is -3.11. The van der Waals surface area contributed by atoms with Crippen LogP contribution in [-0.2, 0) is 6.54 Å². The normalized spacial score (nSPS) is 14.7. The van der Waals surface area contributed by atoms with Gasteiger partial charge in [0.1, 0.15) is 11.6 Å². The Bertz CT molecular complexity index is 1290. The lowest BCUT2D eigenvalue weighted by molar-refractivity contribution is 0.148. The molecule has 1 aliphatic rings. The van der Waals surface area contributed by atoms with Crippen molar-refractivity contribution in [3.63, 3.8) is 0 Å². The molecule has 5 rings (SSSR count). The van der Waals surface area contributed by atoms with E-state index in [0.29, 0.717) is 10.8 Å². The van der Waals surface area contributed by atoms with Crippen LogP contribution in [0.4, 0.5) is 10.9 Å². The molecular formula is C25H26ClN7OS. The van der Waals surface area contributed by atoms with Crippen molar-refractivity contribution in [2.24, 2.45) is 0 Å². The average molecular weight is 508 g/mol. The first-order valence-electron chi connectivity index (χ1n) is 11.4. The maximum Gasteiger partial charge on any atom is 0.322 e. The van der Waals surface area contributed by atoms with E-state index in [1.165, 1.54) is 16.9 Å². The molecule has 3 aromatic heterocycles. The molecule has 0 amide bonds. The van der Waals surface area contributed by atoms with E-state index in [0.717, 1.165) is 59.9 Å². The maximum atomic E-state index is 6.21. The molecule has 4 heterocycles. The van der Waals surface area contributed by atoms with Gasteiger partial charge in [0, 0.05) is 50.8 Å². The van der Waals surface area contributed by atoms with E-state index in [2.05, 4.69) is 48.2 Å². The molecule has 8 nitrogen and oxygen atoms in total. The van der Waals surface area contributed by atoms with Gasteiger partial charge in [-0.2, -0.15) is 4.98 Å². The lowest BCUT2D eigenvalue weighted by Gasteiger charge is -2.32. The van der Waals surface area contributed by atoms with Gasteiger partial charge in [0.2, 0.25) is 0 Å². The third kappa shape index (κ3) is 6.12. The zero-order valence-electron chi connectivity index (χ0n) is 19.6. The van der Waals surface area contributed by atoms with Crippen LogP contribution >= 0.6 is 22.9 Å². The number of anilines is 2. The van der Waals surface area contributed by atoms with Crippen LogP contribution in [0.25, 0.3) is 10.6 Å². The second-order valence-corrected chi connectivity index (χ2v) is 9.93. The van der Waals surface area contributed by atoms with Crippen molar-refractivity contribution < 1.29 is 4.74 Å². The molecule has 0 spiro atoms. The van der Waals surface area contributed by atoms with Gasteiger partial charge in [-0.15, -0.1) is 0 Å². The monoisotopic (exact) mass is 507 g/mol. The highest BCUT2D eigenvalue weighted by Crippen LogP contribution is 2.32. The minimum absolute atomic E-state index is 0.244. The summed E-state index contributed by atoms with van der Waals surface area (Å²) in [5.41, 5.74) is 2.74. The number of para-hydroxylation sites is 1. The van der Waals surface area contributed by atoms with Crippen molar-refractivity contribution in [2.45, 2.75) is 13.5 Å². The number of rotatable bonds is 7. The van der Waals surface area contributed by atoms with Crippen molar-refractivity contribution in [3.8, 4) is 22.3 Å². The Morgan fingerprint density at radius 2 is 1.86 bits per heavy atom. The van der Waals surface area contributed by atoms with Gasteiger partial charge in [-0.3, -0.25) is 4.90 Å². The van der Waals surface area contributed by atoms with Crippen molar-refractivity contribution >= 4 is 33.9 Å². The number of nitrogens with one attached hydrogen (secondary N) is 1. The number of piperazine rings is 1. The second-order valence-electron chi connectivity index (χ2n) is 8.50. The number of pyridine rings is 1. The largest absolute Gasteiger partial charge is 0.423 e. The lowest BCUT2D eigenvalue weighted by atomic mass is 10.2. The highest BCUT2D eigenvalue weighted by molar-refractivity contribution is 7.18. The molecule has 0 aliphatic carbocycles. The van der Waals surface area contributed by atoms with E-state index in [4.69, 9.17) is 16.3 Å². The number of nitrogens with zero attached hydrogens (tertiary/aromatic N) is 6. The summed E-state index contributed by atoms with van der Waals surface area (Å²) in [5.74, 6) is 1.27. The number of halogens is 1. The van der Waals surface area contributed by atoms with Gasteiger partial charge in [0.25, 0.3) is 0 Å². The highest BCUT2D eigenvalue weighted by atomic mass is 35.5. The number of hydrogen-bond acceptors (Lipinski definition) is 9. The standard InChI is InChI=1S/C25H26ClN7OS/c1-17-13-20(30-24(29-17)34-21-6-4-3-5-19(21)26)22-15-28-25(35-22)31-23-8-7-18(14-27-23)16-33-11-9-32(2)10-12-33/h3-8,13-15H,9-12,16H2,1-2H3,(H,27,28,31).